The van der Waals surface area contributed by atoms with Gasteiger partial charge in [0.25, 0.3) is 0 Å². The normalized spacial score (nSPS) is 10.7. The summed E-state index contributed by atoms with van der Waals surface area (Å²) in [5.41, 5.74) is 1.49. The predicted molar refractivity (Wildman–Crippen MR) is 88.9 cm³/mol. The zero-order valence-electron chi connectivity index (χ0n) is 10.9. The molecule has 0 saturated heterocycles. The van der Waals surface area contributed by atoms with Crippen LogP contribution in [0.1, 0.15) is 0 Å². The van der Waals surface area contributed by atoms with Crippen LogP contribution in [0.25, 0.3) is 10.2 Å². The number of nitrogens with one attached hydrogen (secondary N) is 1. The van der Waals surface area contributed by atoms with Gasteiger partial charge in [-0.1, -0.05) is 39.4 Å². The van der Waals surface area contributed by atoms with Gasteiger partial charge in [0, 0.05) is 10.2 Å². The minimum atomic E-state index is -0.219. The Kier molecular flexibility index (Phi) is 3.90. The average molecular weight is 363 g/mol. The number of para-hydroxylation sites is 1. The minimum absolute atomic E-state index is 0.0128. The van der Waals surface area contributed by atoms with Crippen molar-refractivity contribution >= 4 is 49.1 Å². The summed E-state index contributed by atoms with van der Waals surface area (Å²) in [6.45, 7) is 0.0128. The summed E-state index contributed by atoms with van der Waals surface area (Å²) in [4.78, 5) is 23.9. The van der Waals surface area contributed by atoms with Crippen molar-refractivity contribution in [3.8, 4) is 0 Å². The van der Waals surface area contributed by atoms with E-state index < -0.39 is 0 Å². The van der Waals surface area contributed by atoms with Crippen molar-refractivity contribution in [3.05, 3.63) is 62.7 Å². The molecule has 0 atom stereocenters. The lowest BCUT2D eigenvalue weighted by atomic mass is 10.3. The van der Waals surface area contributed by atoms with Crippen LogP contribution in [-0.2, 0) is 11.3 Å². The van der Waals surface area contributed by atoms with Gasteiger partial charge in [0.2, 0.25) is 5.91 Å². The maximum absolute atomic E-state index is 12.1. The minimum Gasteiger partial charge on any atom is -0.325 e. The SMILES string of the molecule is O=C(Cn1c(=O)sc2ccccc21)Nc1ccc(Br)cc1. The molecule has 21 heavy (non-hydrogen) atoms. The van der Waals surface area contributed by atoms with Crippen molar-refractivity contribution < 1.29 is 4.79 Å². The molecule has 1 heterocycles. The summed E-state index contributed by atoms with van der Waals surface area (Å²) in [6, 6.07) is 14.8. The Hall–Kier alpha value is -1.92. The van der Waals surface area contributed by atoms with Gasteiger partial charge in [-0.05, 0) is 36.4 Å². The van der Waals surface area contributed by atoms with Crippen LogP contribution >= 0.6 is 27.3 Å². The van der Waals surface area contributed by atoms with Gasteiger partial charge in [0.1, 0.15) is 6.54 Å². The molecule has 4 nitrogen and oxygen atoms in total. The maximum Gasteiger partial charge on any atom is 0.308 e. The molecule has 0 bridgehead atoms. The highest BCUT2D eigenvalue weighted by atomic mass is 79.9. The number of aromatic nitrogens is 1. The van der Waals surface area contributed by atoms with Gasteiger partial charge in [0.05, 0.1) is 10.2 Å². The van der Waals surface area contributed by atoms with Gasteiger partial charge in [-0.2, -0.15) is 0 Å². The molecular weight excluding hydrogens is 352 g/mol. The Morgan fingerprint density at radius 3 is 2.62 bits per heavy atom. The van der Waals surface area contributed by atoms with E-state index in [1.807, 2.05) is 36.4 Å². The van der Waals surface area contributed by atoms with Crippen LogP contribution in [0.4, 0.5) is 5.69 Å². The summed E-state index contributed by atoms with van der Waals surface area (Å²) in [7, 11) is 0. The first-order valence-corrected chi connectivity index (χ1v) is 7.88. The summed E-state index contributed by atoms with van der Waals surface area (Å²) < 4.78 is 3.33. The molecule has 0 saturated carbocycles. The predicted octanol–water partition coefficient (Wildman–Crippen LogP) is 3.46. The average Bonchev–Trinajstić information content (AvgIpc) is 2.78. The number of carbonyl (C=O) groups is 1. The number of benzene rings is 2. The van der Waals surface area contributed by atoms with Crippen molar-refractivity contribution in [2.75, 3.05) is 5.32 Å². The van der Waals surface area contributed by atoms with E-state index in [2.05, 4.69) is 21.2 Å². The number of amides is 1. The van der Waals surface area contributed by atoms with Crippen molar-refractivity contribution in [2.24, 2.45) is 0 Å². The molecule has 3 aromatic rings. The van der Waals surface area contributed by atoms with Gasteiger partial charge in [-0.25, -0.2) is 0 Å². The van der Waals surface area contributed by atoms with Crippen LogP contribution in [0.5, 0.6) is 0 Å². The summed E-state index contributed by atoms with van der Waals surface area (Å²) >= 11 is 4.49. The van der Waals surface area contributed by atoms with E-state index in [-0.39, 0.29) is 17.3 Å². The van der Waals surface area contributed by atoms with E-state index in [9.17, 15) is 9.59 Å². The highest BCUT2D eigenvalue weighted by Crippen LogP contribution is 2.17. The van der Waals surface area contributed by atoms with Crippen LogP contribution in [0.15, 0.2) is 57.8 Å². The van der Waals surface area contributed by atoms with Gasteiger partial charge in [0.15, 0.2) is 0 Å². The number of rotatable bonds is 3. The first kappa shape index (κ1) is 14.0. The highest BCUT2D eigenvalue weighted by Gasteiger charge is 2.10. The maximum atomic E-state index is 12.1. The number of thiazole rings is 1. The summed E-state index contributed by atoms with van der Waals surface area (Å²) in [5, 5.41) is 2.78. The van der Waals surface area contributed by atoms with Crippen molar-refractivity contribution in [1.29, 1.82) is 0 Å². The number of carbonyl (C=O) groups excluding carboxylic acids is 1. The van der Waals surface area contributed by atoms with E-state index in [0.717, 1.165) is 26.0 Å². The highest BCUT2D eigenvalue weighted by molar-refractivity contribution is 9.10. The number of hydrogen-bond acceptors (Lipinski definition) is 3. The molecular formula is C15H11BrN2O2S. The number of anilines is 1. The fourth-order valence-electron chi connectivity index (χ4n) is 2.04. The van der Waals surface area contributed by atoms with Gasteiger partial charge < -0.3 is 5.32 Å². The van der Waals surface area contributed by atoms with E-state index in [1.165, 1.54) is 4.57 Å². The zero-order valence-corrected chi connectivity index (χ0v) is 13.3. The van der Waals surface area contributed by atoms with E-state index >= 15 is 0 Å². The largest absolute Gasteiger partial charge is 0.325 e. The monoisotopic (exact) mass is 362 g/mol. The molecule has 0 unspecified atom stereocenters. The molecule has 2 aromatic carbocycles. The molecule has 6 heteroatoms. The molecule has 0 fully saturated rings. The molecule has 0 spiro atoms. The smallest absolute Gasteiger partial charge is 0.308 e. The molecule has 3 rings (SSSR count). The van der Waals surface area contributed by atoms with Crippen molar-refractivity contribution in [2.45, 2.75) is 6.54 Å². The third kappa shape index (κ3) is 3.06. The van der Waals surface area contributed by atoms with Crippen LogP contribution in [-0.4, -0.2) is 10.5 Å². The Balaban J connectivity index is 1.82. The second-order valence-corrected chi connectivity index (χ2v) is 6.39. The quantitative estimate of drug-likeness (QED) is 0.775. The number of nitrogens with zero attached hydrogens (tertiary/aromatic N) is 1. The molecule has 1 aromatic heterocycles. The third-order valence-electron chi connectivity index (χ3n) is 3.00. The molecule has 0 aliphatic heterocycles. The Bertz CT molecular complexity index is 852. The van der Waals surface area contributed by atoms with Crippen LogP contribution in [0.3, 0.4) is 0 Å². The fourth-order valence-corrected chi connectivity index (χ4v) is 3.20. The van der Waals surface area contributed by atoms with Crippen molar-refractivity contribution in [3.63, 3.8) is 0 Å². The van der Waals surface area contributed by atoms with E-state index in [4.69, 9.17) is 0 Å². The Morgan fingerprint density at radius 2 is 1.86 bits per heavy atom. The van der Waals surface area contributed by atoms with Gasteiger partial charge in [-0.15, -0.1) is 0 Å². The molecule has 1 amide bonds. The molecule has 106 valence electrons. The fraction of sp³-hybridized carbons (Fsp3) is 0.0667. The molecule has 0 aliphatic rings. The lowest BCUT2D eigenvalue weighted by Crippen LogP contribution is -2.24. The van der Waals surface area contributed by atoms with E-state index in [0.29, 0.717) is 5.69 Å². The van der Waals surface area contributed by atoms with Gasteiger partial charge in [-0.3, -0.25) is 14.2 Å². The molecule has 0 aliphatic carbocycles. The number of fused-ring (bicyclic) bond motifs is 1. The third-order valence-corrected chi connectivity index (χ3v) is 4.49. The first-order valence-electron chi connectivity index (χ1n) is 6.27. The summed E-state index contributed by atoms with van der Waals surface area (Å²) in [5.74, 6) is -0.219. The Morgan fingerprint density at radius 1 is 1.14 bits per heavy atom. The van der Waals surface area contributed by atoms with Crippen LogP contribution in [0.2, 0.25) is 0 Å². The van der Waals surface area contributed by atoms with Crippen LogP contribution in [0, 0.1) is 0 Å². The summed E-state index contributed by atoms with van der Waals surface area (Å²) in [6.07, 6.45) is 0. The lowest BCUT2D eigenvalue weighted by molar-refractivity contribution is -0.116. The number of halogens is 1. The second kappa shape index (κ2) is 5.83. The standard InChI is InChI=1S/C15H11BrN2O2S/c16-10-5-7-11(8-6-10)17-14(19)9-18-12-3-1-2-4-13(12)21-15(18)20/h1-8H,9H2,(H,17,19). The molecule has 0 radical (unpaired) electrons. The Labute approximate surface area is 133 Å². The topological polar surface area (TPSA) is 51.1 Å². The first-order chi connectivity index (χ1) is 10.1. The van der Waals surface area contributed by atoms with Crippen molar-refractivity contribution in [1.82, 2.24) is 4.57 Å². The van der Waals surface area contributed by atoms with Crippen LogP contribution < -0.4 is 10.2 Å². The zero-order chi connectivity index (χ0) is 14.8. The molecule has 1 N–H and O–H groups in total. The van der Waals surface area contributed by atoms with E-state index in [1.54, 1.807) is 12.1 Å². The number of hydrogen-bond donors (Lipinski definition) is 1. The second-order valence-electron chi connectivity index (χ2n) is 4.48. The van der Waals surface area contributed by atoms with Gasteiger partial charge >= 0.3 is 4.87 Å². The lowest BCUT2D eigenvalue weighted by Gasteiger charge is -2.06.